The van der Waals surface area contributed by atoms with E-state index in [-0.39, 0.29) is 6.03 Å². The smallest absolute Gasteiger partial charge is 0.317 e. The number of carbonyl (C=O) groups excluding carboxylic acids is 1. The van der Waals surface area contributed by atoms with Gasteiger partial charge in [0.2, 0.25) is 0 Å². The lowest BCUT2D eigenvalue weighted by Gasteiger charge is -2.15. The average Bonchev–Trinajstić information content (AvgIpc) is 2.51. The first kappa shape index (κ1) is 9.10. The van der Waals surface area contributed by atoms with Crippen LogP contribution in [-0.2, 0) is 0 Å². The summed E-state index contributed by atoms with van der Waals surface area (Å²) >= 11 is 0. The van der Waals surface area contributed by atoms with Gasteiger partial charge in [0.25, 0.3) is 0 Å². The summed E-state index contributed by atoms with van der Waals surface area (Å²) in [7, 11) is 0. The van der Waals surface area contributed by atoms with Crippen molar-refractivity contribution in [2.24, 2.45) is 0 Å². The van der Waals surface area contributed by atoms with E-state index >= 15 is 0 Å². The molecular formula is C9H16N2O. The van der Waals surface area contributed by atoms with Crippen molar-refractivity contribution in [2.75, 3.05) is 19.6 Å². The van der Waals surface area contributed by atoms with Gasteiger partial charge in [-0.1, -0.05) is 12.2 Å². The van der Waals surface area contributed by atoms with E-state index in [0.717, 1.165) is 31.5 Å². The Hall–Kier alpha value is -0.990. The van der Waals surface area contributed by atoms with Crippen molar-refractivity contribution in [2.45, 2.75) is 19.8 Å². The highest BCUT2D eigenvalue weighted by molar-refractivity contribution is 5.74. The number of carbonyl (C=O) groups is 1. The van der Waals surface area contributed by atoms with E-state index in [4.69, 9.17) is 0 Å². The topological polar surface area (TPSA) is 32.3 Å². The molecule has 1 rings (SSSR count). The van der Waals surface area contributed by atoms with Gasteiger partial charge >= 0.3 is 6.03 Å². The van der Waals surface area contributed by atoms with Gasteiger partial charge in [-0.3, -0.25) is 0 Å². The van der Waals surface area contributed by atoms with Crippen molar-refractivity contribution in [3.8, 4) is 0 Å². The Bertz CT molecular complexity index is 183. The molecule has 1 aliphatic rings. The van der Waals surface area contributed by atoms with E-state index in [1.807, 2.05) is 11.8 Å². The van der Waals surface area contributed by atoms with Crippen molar-refractivity contribution >= 4 is 6.03 Å². The number of hydrogen-bond acceptors (Lipinski definition) is 1. The van der Waals surface area contributed by atoms with E-state index in [0.29, 0.717) is 6.54 Å². The van der Waals surface area contributed by atoms with Crippen LogP contribution in [0.2, 0.25) is 0 Å². The van der Waals surface area contributed by atoms with Crippen LogP contribution in [0.4, 0.5) is 4.79 Å². The molecule has 0 saturated carbocycles. The van der Waals surface area contributed by atoms with E-state index in [1.165, 1.54) is 0 Å². The van der Waals surface area contributed by atoms with Crippen LogP contribution in [0.25, 0.3) is 0 Å². The lowest BCUT2D eigenvalue weighted by molar-refractivity contribution is 0.210. The lowest BCUT2D eigenvalue weighted by atomic mass is 10.3. The molecular weight excluding hydrogens is 152 g/mol. The van der Waals surface area contributed by atoms with Crippen LogP contribution < -0.4 is 5.32 Å². The van der Waals surface area contributed by atoms with Crippen molar-refractivity contribution in [1.29, 1.82) is 0 Å². The molecule has 3 nitrogen and oxygen atoms in total. The van der Waals surface area contributed by atoms with Crippen molar-refractivity contribution in [3.63, 3.8) is 0 Å². The average molecular weight is 168 g/mol. The van der Waals surface area contributed by atoms with E-state index in [2.05, 4.69) is 11.9 Å². The first-order valence-corrected chi connectivity index (χ1v) is 4.37. The minimum absolute atomic E-state index is 0.0514. The fraction of sp³-hybridized carbons (Fsp3) is 0.667. The standard InChI is InChI=1S/C9H16N2O/c1-8(2)7-10-9(12)11-5-3-4-6-11/h1,3-7H2,2H3,(H,10,12). The van der Waals surface area contributed by atoms with Gasteiger partial charge in [0.15, 0.2) is 0 Å². The molecule has 1 fully saturated rings. The zero-order valence-electron chi connectivity index (χ0n) is 7.60. The van der Waals surface area contributed by atoms with Gasteiger partial charge < -0.3 is 10.2 Å². The van der Waals surface area contributed by atoms with E-state index < -0.39 is 0 Å². The van der Waals surface area contributed by atoms with Crippen LogP contribution in [0.1, 0.15) is 19.8 Å². The Morgan fingerprint density at radius 3 is 2.58 bits per heavy atom. The van der Waals surface area contributed by atoms with Gasteiger partial charge in [-0.15, -0.1) is 0 Å². The molecule has 0 aliphatic carbocycles. The Balaban J connectivity index is 2.23. The highest BCUT2D eigenvalue weighted by atomic mass is 16.2. The first-order valence-electron chi connectivity index (χ1n) is 4.37. The second-order valence-corrected chi connectivity index (χ2v) is 3.31. The van der Waals surface area contributed by atoms with Crippen LogP contribution in [0.3, 0.4) is 0 Å². The highest BCUT2D eigenvalue weighted by Gasteiger charge is 2.16. The second-order valence-electron chi connectivity index (χ2n) is 3.31. The SMILES string of the molecule is C=C(C)CNC(=O)N1CCCC1. The number of nitrogens with zero attached hydrogens (tertiary/aromatic N) is 1. The minimum atomic E-state index is 0.0514. The zero-order valence-corrected chi connectivity index (χ0v) is 7.60. The molecule has 0 atom stereocenters. The third-order valence-electron chi connectivity index (χ3n) is 1.93. The van der Waals surface area contributed by atoms with Gasteiger partial charge in [0, 0.05) is 19.6 Å². The van der Waals surface area contributed by atoms with Crippen LogP contribution >= 0.6 is 0 Å². The molecule has 0 aromatic carbocycles. The van der Waals surface area contributed by atoms with Gasteiger partial charge in [0.1, 0.15) is 0 Å². The van der Waals surface area contributed by atoms with E-state index in [9.17, 15) is 4.79 Å². The molecule has 0 spiro atoms. The normalized spacial score (nSPS) is 16.2. The fourth-order valence-electron chi connectivity index (χ4n) is 1.26. The molecule has 1 heterocycles. The Kier molecular flexibility index (Phi) is 3.14. The summed E-state index contributed by atoms with van der Waals surface area (Å²) in [5.41, 5.74) is 0.988. The molecule has 12 heavy (non-hydrogen) atoms. The summed E-state index contributed by atoms with van der Waals surface area (Å²) in [4.78, 5) is 13.2. The van der Waals surface area contributed by atoms with Crippen LogP contribution in [0.15, 0.2) is 12.2 Å². The summed E-state index contributed by atoms with van der Waals surface area (Å²) in [6, 6.07) is 0.0514. The van der Waals surface area contributed by atoms with Crippen LogP contribution in [0, 0.1) is 0 Å². The molecule has 0 aromatic rings. The van der Waals surface area contributed by atoms with E-state index in [1.54, 1.807) is 0 Å². The second kappa shape index (κ2) is 4.14. The molecule has 2 amide bonds. The number of likely N-dealkylation sites (tertiary alicyclic amines) is 1. The van der Waals surface area contributed by atoms with Gasteiger partial charge in [-0.2, -0.15) is 0 Å². The highest BCUT2D eigenvalue weighted by Crippen LogP contribution is 2.06. The number of urea groups is 1. The van der Waals surface area contributed by atoms with Crippen molar-refractivity contribution in [3.05, 3.63) is 12.2 Å². The predicted octanol–water partition coefficient (Wildman–Crippen LogP) is 1.37. The minimum Gasteiger partial charge on any atom is -0.334 e. The van der Waals surface area contributed by atoms with Gasteiger partial charge in [-0.25, -0.2) is 4.79 Å². The van der Waals surface area contributed by atoms with Crippen molar-refractivity contribution in [1.82, 2.24) is 10.2 Å². The zero-order chi connectivity index (χ0) is 8.97. The molecule has 68 valence electrons. The van der Waals surface area contributed by atoms with Crippen molar-refractivity contribution < 1.29 is 4.79 Å². The molecule has 0 aromatic heterocycles. The third-order valence-corrected chi connectivity index (χ3v) is 1.93. The summed E-state index contributed by atoms with van der Waals surface area (Å²) < 4.78 is 0. The van der Waals surface area contributed by atoms with Gasteiger partial charge in [0.05, 0.1) is 0 Å². The monoisotopic (exact) mass is 168 g/mol. The first-order chi connectivity index (χ1) is 5.70. The number of rotatable bonds is 2. The summed E-state index contributed by atoms with van der Waals surface area (Å²) in [5, 5.41) is 2.81. The Labute approximate surface area is 73.4 Å². The summed E-state index contributed by atoms with van der Waals surface area (Å²) in [5.74, 6) is 0. The summed E-state index contributed by atoms with van der Waals surface area (Å²) in [6.45, 7) is 8.03. The number of amides is 2. The molecule has 1 N–H and O–H groups in total. The number of hydrogen-bond donors (Lipinski definition) is 1. The molecule has 0 radical (unpaired) electrons. The number of nitrogens with one attached hydrogen (secondary N) is 1. The maximum Gasteiger partial charge on any atom is 0.317 e. The van der Waals surface area contributed by atoms with Crippen LogP contribution in [-0.4, -0.2) is 30.6 Å². The third kappa shape index (κ3) is 2.57. The molecule has 0 bridgehead atoms. The Morgan fingerprint density at radius 1 is 1.50 bits per heavy atom. The predicted molar refractivity (Wildman–Crippen MR) is 49.0 cm³/mol. The summed E-state index contributed by atoms with van der Waals surface area (Å²) in [6.07, 6.45) is 2.28. The van der Waals surface area contributed by atoms with Gasteiger partial charge in [-0.05, 0) is 19.8 Å². The molecule has 1 aliphatic heterocycles. The molecule has 3 heteroatoms. The molecule has 1 saturated heterocycles. The maximum atomic E-state index is 11.3. The maximum absolute atomic E-state index is 11.3. The molecule has 0 unspecified atom stereocenters. The fourth-order valence-corrected chi connectivity index (χ4v) is 1.26. The largest absolute Gasteiger partial charge is 0.334 e. The van der Waals surface area contributed by atoms with Crippen LogP contribution in [0.5, 0.6) is 0 Å². The lowest BCUT2D eigenvalue weighted by Crippen LogP contribution is -2.38. The quantitative estimate of drug-likeness (QED) is 0.620. The Morgan fingerprint density at radius 2 is 2.08 bits per heavy atom.